The minimum absolute atomic E-state index is 0.184. The lowest BCUT2D eigenvalue weighted by Crippen LogP contribution is -2.34. The van der Waals surface area contributed by atoms with E-state index >= 15 is 0 Å². The summed E-state index contributed by atoms with van der Waals surface area (Å²) in [6, 6.07) is 0. The van der Waals surface area contributed by atoms with Gasteiger partial charge in [-0.15, -0.1) is 0 Å². The summed E-state index contributed by atoms with van der Waals surface area (Å²) >= 11 is 0. The monoisotopic (exact) mass is 248 g/mol. The Morgan fingerprint density at radius 3 is 2.88 bits per heavy atom. The standard InChI is InChI=1S/C9H10F2N2O4/c10-4-1-7(17-6(4)3-14)13-2-5(11)8(15)12-9(13)16/h2,4,6-7,14H,1,3H2,(H,12,15,16)/t4?,6-,7-/m1/s1. The Labute approximate surface area is 93.5 Å². The topological polar surface area (TPSA) is 84.3 Å². The summed E-state index contributed by atoms with van der Waals surface area (Å²) in [5.74, 6) is -1.16. The molecule has 0 amide bonds. The fourth-order valence-corrected chi connectivity index (χ4v) is 1.70. The second kappa shape index (κ2) is 4.38. The first-order valence-electron chi connectivity index (χ1n) is 4.94. The van der Waals surface area contributed by atoms with Gasteiger partial charge in [-0.25, -0.2) is 9.18 Å². The van der Waals surface area contributed by atoms with Crippen LogP contribution in [0.1, 0.15) is 12.6 Å². The lowest BCUT2D eigenvalue weighted by atomic mass is 10.2. The number of aliphatic hydroxyl groups is 1. The summed E-state index contributed by atoms with van der Waals surface area (Å²) < 4.78 is 32.1. The molecule has 6 nitrogen and oxygen atoms in total. The highest BCUT2D eigenvalue weighted by Crippen LogP contribution is 2.29. The van der Waals surface area contributed by atoms with Crippen LogP contribution in [-0.2, 0) is 4.74 Å². The van der Waals surface area contributed by atoms with Gasteiger partial charge in [-0.3, -0.25) is 14.3 Å². The van der Waals surface area contributed by atoms with Crippen molar-refractivity contribution in [1.29, 1.82) is 0 Å². The van der Waals surface area contributed by atoms with Crippen molar-refractivity contribution < 1.29 is 18.6 Å². The van der Waals surface area contributed by atoms with Gasteiger partial charge in [0, 0.05) is 6.42 Å². The van der Waals surface area contributed by atoms with Crippen molar-refractivity contribution in [3.8, 4) is 0 Å². The molecule has 2 rings (SSSR count). The molecule has 1 fully saturated rings. The van der Waals surface area contributed by atoms with E-state index < -0.39 is 42.2 Å². The molecule has 2 N–H and O–H groups in total. The van der Waals surface area contributed by atoms with Crippen molar-refractivity contribution in [3.05, 3.63) is 32.9 Å². The van der Waals surface area contributed by atoms with E-state index in [2.05, 4.69) is 0 Å². The number of hydrogen-bond acceptors (Lipinski definition) is 4. The van der Waals surface area contributed by atoms with E-state index in [1.54, 1.807) is 4.98 Å². The number of ether oxygens (including phenoxy) is 1. The lowest BCUT2D eigenvalue weighted by Gasteiger charge is -2.13. The summed E-state index contributed by atoms with van der Waals surface area (Å²) in [6.45, 7) is -0.530. The molecule has 0 aliphatic carbocycles. The highest BCUT2D eigenvalue weighted by Gasteiger charge is 2.36. The van der Waals surface area contributed by atoms with Gasteiger partial charge in [-0.2, -0.15) is 4.39 Å². The predicted octanol–water partition coefficient (Wildman–Crippen LogP) is -0.706. The van der Waals surface area contributed by atoms with Gasteiger partial charge < -0.3 is 9.84 Å². The van der Waals surface area contributed by atoms with Crippen molar-refractivity contribution in [2.45, 2.75) is 24.9 Å². The molecule has 1 aromatic heterocycles. The highest BCUT2D eigenvalue weighted by molar-refractivity contribution is 4.91. The summed E-state index contributed by atoms with van der Waals surface area (Å²) in [6.07, 6.45) is -3.02. The molecule has 1 aromatic rings. The number of halogens is 2. The molecule has 17 heavy (non-hydrogen) atoms. The molecule has 0 saturated carbocycles. The van der Waals surface area contributed by atoms with E-state index in [1.165, 1.54) is 0 Å². The minimum Gasteiger partial charge on any atom is -0.394 e. The molecular weight excluding hydrogens is 238 g/mol. The molecule has 94 valence electrons. The van der Waals surface area contributed by atoms with Gasteiger partial charge >= 0.3 is 5.69 Å². The number of hydrogen-bond donors (Lipinski definition) is 2. The summed E-state index contributed by atoms with van der Waals surface area (Å²) in [5.41, 5.74) is -2.02. The van der Waals surface area contributed by atoms with Crippen LogP contribution in [0.4, 0.5) is 8.78 Å². The van der Waals surface area contributed by atoms with Gasteiger partial charge in [0.25, 0.3) is 5.56 Å². The molecule has 0 spiro atoms. The zero-order chi connectivity index (χ0) is 12.6. The molecule has 3 atom stereocenters. The molecule has 1 aliphatic rings. The van der Waals surface area contributed by atoms with E-state index in [1.807, 2.05) is 0 Å². The maximum Gasteiger partial charge on any atom is 0.330 e. The molecule has 1 aliphatic heterocycles. The van der Waals surface area contributed by atoms with E-state index in [0.717, 1.165) is 4.57 Å². The number of nitrogens with one attached hydrogen (secondary N) is 1. The number of H-pyrrole nitrogens is 1. The first kappa shape index (κ1) is 11.9. The average molecular weight is 248 g/mol. The van der Waals surface area contributed by atoms with Crippen LogP contribution in [0.5, 0.6) is 0 Å². The van der Waals surface area contributed by atoms with Crippen molar-refractivity contribution in [2.24, 2.45) is 0 Å². The number of nitrogens with zero attached hydrogens (tertiary/aromatic N) is 1. The Kier molecular flexibility index (Phi) is 3.07. The third-order valence-corrected chi connectivity index (χ3v) is 2.58. The molecule has 0 radical (unpaired) electrons. The molecule has 8 heteroatoms. The van der Waals surface area contributed by atoms with Crippen LogP contribution in [0.3, 0.4) is 0 Å². The first-order chi connectivity index (χ1) is 8.02. The van der Waals surface area contributed by atoms with Crippen LogP contribution in [0.15, 0.2) is 15.8 Å². The fraction of sp³-hybridized carbons (Fsp3) is 0.556. The molecule has 2 heterocycles. The van der Waals surface area contributed by atoms with Crippen molar-refractivity contribution in [2.75, 3.05) is 6.61 Å². The third kappa shape index (κ3) is 2.13. The smallest absolute Gasteiger partial charge is 0.330 e. The third-order valence-electron chi connectivity index (χ3n) is 2.58. The predicted molar refractivity (Wildman–Crippen MR) is 51.8 cm³/mol. The Morgan fingerprint density at radius 1 is 1.59 bits per heavy atom. The van der Waals surface area contributed by atoms with Crippen LogP contribution in [0.2, 0.25) is 0 Å². The number of aromatic nitrogens is 2. The van der Waals surface area contributed by atoms with Gasteiger partial charge in [-0.1, -0.05) is 0 Å². The molecule has 1 unspecified atom stereocenters. The van der Waals surface area contributed by atoms with E-state index in [9.17, 15) is 18.4 Å². The molecule has 1 saturated heterocycles. The average Bonchev–Trinajstić information content (AvgIpc) is 2.65. The number of rotatable bonds is 2. The highest BCUT2D eigenvalue weighted by atomic mass is 19.1. The van der Waals surface area contributed by atoms with Crippen LogP contribution < -0.4 is 11.2 Å². The van der Waals surface area contributed by atoms with Crippen LogP contribution in [-0.4, -0.2) is 33.5 Å². The molecule has 0 aromatic carbocycles. The second-order valence-electron chi connectivity index (χ2n) is 3.71. The Bertz CT molecular complexity index is 526. The zero-order valence-corrected chi connectivity index (χ0v) is 8.60. The van der Waals surface area contributed by atoms with Gasteiger partial charge in [0.2, 0.25) is 5.82 Å². The van der Waals surface area contributed by atoms with Crippen molar-refractivity contribution in [1.82, 2.24) is 9.55 Å². The van der Waals surface area contributed by atoms with Crippen LogP contribution in [0, 0.1) is 5.82 Å². The van der Waals surface area contributed by atoms with Crippen molar-refractivity contribution >= 4 is 0 Å². The van der Waals surface area contributed by atoms with Crippen LogP contribution in [0.25, 0.3) is 0 Å². The maximum absolute atomic E-state index is 13.3. The zero-order valence-electron chi connectivity index (χ0n) is 8.60. The quantitative estimate of drug-likeness (QED) is 0.724. The van der Waals surface area contributed by atoms with Gasteiger partial charge in [0.1, 0.15) is 18.5 Å². The largest absolute Gasteiger partial charge is 0.394 e. The molecular formula is C9H10F2N2O4. The molecule has 0 bridgehead atoms. The van der Waals surface area contributed by atoms with E-state index in [0.29, 0.717) is 6.20 Å². The van der Waals surface area contributed by atoms with Crippen molar-refractivity contribution in [3.63, 3.8) is 0 Å². The minimum atomic E-state index is -1.44. The summed E-state index contributed by atoms with van der Waals surface area (Å²) in [5, 5.41) is 8.78. The fourth-order valence-electron chi connectivity index (χ4n) is 1.70. The Morgan fingerprint density at radius 2 is 2.29 bits per heavy atom. The second-order valence-corrected chi connectivity index (χ2v) is 3.71. The Hall–Kier alpha value is -1.54. The number of aliphatic hydroxyl groups excluding tert-OH is 1. The van der Waals surface area contributed by atoms with Crippen LogP contribution >= 0.6 is 0 Å². The van der Waals surface area contributed by atoms with E-state index in [-0.39, 0.29) is 6.42 Å². The first-order valence-corrected chi connectivity index (χ1v) is 4.94. The Balaban J connectivity index is 2.34. The van der Waals surface area contributed by atoms with Gasteiger partial charge in [-0.05, 0) is 0 Å². The SMILES string of the molecule is O=c1[nH]c(=O)n([C@H]2CC(F)[C@@H](CO)O2)cc1F. The summed E-state index contributed by atoms with van der Waals surface area (Å²) in [4.78, 5) is 23.9. The number of aromatic amines is 1. The summed E-state index contributed by atoms with van der Waals surface area (Å²) in [7, 11) is 0. The van der Waals surface area contributed by atoms with E-state index in [4.69, 9.17) is 9.84 Å². The lowest BCUT2D eigenvalue weighted by molar-refractivity contribution is -0.0359. The van der Waals surface area contributed by atoms with Gasteiger partial charge in [0.15, 0.2) is 0 Å². The normalized spacial score (nSPS) is 28.5. The van der Waals surface area contributed by atoms with Gasteiger partial charge in [0.05, 0.1) is 12.8 Å². The maximum atomic E-state index is 13.3. The number of alkyl halides is 1.